The first-order valence-electron chi connectivity index (χ1n) is 5.25. The van der Waals surface area contributed by atoms with Crippen molar-refractivity contribution in [2.45, 2.75) is 6.92 Å². The van der Waals surface area contributed by atoms with Crippen LogP contribution in [-0.4, -0.2) is 0 Å². The quantitative estimate of drug-likeness (QED) is 0.771. The number of para-hydroxylation sites is 1. The summed E-state index contributed by atoms with van der Waals surface area (Å²) in [6.45, 7) is 1.95. The molecule has 4 heteroatoms. The minimum atomic E-state index is -2.56. The lowest BCUT2D eigenvalue weighted by Crippen LogP contribution is -1.88. The summed E-state index contributed by atoms with van der Waals surface area (Å²) in [6.07, 6.45) is 0. The van der Waals surface area contributed by atoms with Gasteiger partial charge in [0.2, 0.25) is 0 Å². The van der Waals surface area contributed by atoms with Gasteiger partial charge in [0.25, 0.3) is 0 Å². The molecule has 1 atom stereocenters. The number of hydrogen-bond acceptors (Lipinski definition) is 3. The first-order valence-corrected chi connectivity index (χ1v) is 6.48. The first-order chi connectivity index (χ1) is 8.24. The van der Waals surface area contributed by atoms with Crippen molar-refractivity contribution >= 4 is 8.25 Å². The summed E-state index contributed by atoms with van der Waals surface area (Å²) in [5.74, 6) is 1.11. The van der Waals surface area contributed by atoms with Crippen LogP contribution in [0.4, 0.5) is 0 Å². The molecule has 0 spiro atoms. The molecule has 1 unspecified atom stereocenters. The molecule has 0 aliphatic carbocycles. The smallest absolute Gasteiger partial charge is 0.418 e. The van der Waals surface area contributed by atoms with Crippen LogP contribution in [0.25, 0.3) is 0 Å². The summed E-state index contributed by atoms with van der Waals surface area (Å²) >= 11 is 0. The molecule has 0 bridgehead atoms. The summed E-state index contributed by atoms with van der Waals surface area (Å²) < 4.78 is 22.0. The van der Waals surface area contributed by atoms with Gasteiger partial charge < -0.3 is 9.05 Å². The largest absolute Gasteiger partial charge is 0.418 e. The van der Waals surface area contributed by atoms with Crippen molar-refractivity contribution in [3.8, 4) is 11.5 Å². The van der Waals surface area contributed by atoms with E-state index in [9.17, 15) is 4.57 Å². The summed E-state index contributed by atoms with van der Waals surface area (Å²) in [5, 5.41) is 0. The van der Waals surface area contributed by atoms with Crippen molar-refractivity contribution in [1.29, 1.82) is 0 Å². The molecule has 2 aromatic rings. The van der Waals surface area contributed by atoms with Crippen molar-refractivity contribution in [2.24, 2.45) is 0 Å². The van der Waals surface area contributed by atoms with E-state index in [1.54, 1.807) is 18.2 Å². The molecule has 2 rings (SSSR count). The van der Waals surface area contributed by atoms with Crippen molar-refractivity contribution in [1.82, 2.24) is 0 Å². The minimum absolute atomic E-state index is 0.545. The summed E-state index contributed by atoms with van der Waals surface area (Å²) in [6, 6.07) is 16.3. The molecule has 0 saturated carbocycles. The van der Waals surface area contributed by atoms with Crippen LogP contribution in [0.15, 0.2) is 54.6 Å². The van der Waals surface area contributed by atoms with Gasteiger partial charge >= 0.3 is 8.25 Å². The normalized spacial score (nSPS) is 11.8. The molecule has 3 nitrogen and oxygen atoms in total. The fourth-order valence-corrected chi connectivity index (χ4v) is 2.07. The van der Waals surface area contributed by atoms with E-state index >= 15 is 0 Å². The van der Waals surface area contributed by atoms with E-state index in [1.165, 1.54) is 0 Å². The zero-order valence-corrected chi connectivity index (χ0v) is 10.4. The van der Waals surface area contributed by atoms with Crippen LogP contribution in [0.3, 0.4) is 0 Å². The van der Waals surface area contributed by atoms with Crippen LogP contribution in [0.1, 0.15) is 5.56 Å². The van der Waals surface area contributed by atoms with Crippen molar-refractivity contribution in [3.63, 3.8) is 0 Å². The monoisotopic (exact) mass is 248 g/mol. The third-order valence-corrected chi connectivity index (χ3v) is 2.94. The standard InChI is InChI=1S/C13H13O3P/c1-11-6-5-9-13(10-11)16-17(14)15-12-7-3-2-4-8-12/h2-10,17H,1H3. The molecule has 0 amide bonds. The molecule has 0 radical (unpaired) electrons. The van der Waals surface area contributed by atoms with Gasteiger partial charge in [-0.1, -0.05) is 30.3 Å². The highest BCUT2D eigenvalue weighted by Crippen LogP contribution is 2.30. The van der Waals surface area contributed by atoms with E-state index in [4.69, 9.17) is 9.05 Å². The lowest BCUT2D eigenvalue weighted by atomic mass is 10.2. The van der Waals surface area contributed by atoms with Crippen molar-refractivity contribution < 1.29 is 13.6 Å². The topological polar surface area (TPSA) is 35.5 Å². The van der Waals surface area contributed by atoms with Crippen LogP contribution in [0.2, 0.25) is 0 Å². The Kier molecular flexibility index (Phi) is 3.84. The molecular weight excluding hydrogens is 235 g/mol. The zero-order valence-electron chi connectivity index (χ0n) is 9.42. The Balaban J connectivity index is 1.98. The molecule has 0 N–H and O–H groups in total. The summed E-state index contributed by atoms with van der Waals surface area (Å²) in [5.41, 5.74) is 1.05. The maximum atomic E-state index is 11.6. The summed E-state index contributed by atoms with van der Waals surface area (Å²) in [4.78, 5) is 0. The highest BCUT2D eigenvalue weighted by Gasteiger charge is 2.03. The number of rotatable bonds is 4. The van der Waals surface area contributed by atoms with E-state index in [1.807, 2.05) is 43.3 Å². The second kappa shape index (κ2) is 5.55. The van der Waals surface area contributed by atoms with Gasteiger partial charge in [0.05, 0.1) is 0 Å². The second-order valence-electron chi connectivity index (χ2n) is 3.58. The number of hydrogen-bond donors (Lipinski definition) is 0. The molecule has 0 heterocycles. The molecule has 0 aliphatic rings. The van der Waals surface area contributed by atoms with Gasteiger partial charge in [0.1, 0.15) is 11.5 Å². The Morgan fingerprint density at radius 3 is 2.24 bits per heavy atom. The average molecular weight is 248 g/mol. The van der Waals surface area contributed by atoms with E-state index in [-0.39, 0.29) is 0 Å². The van der Waals surface area contributed by atoms with Gasteiger partial charge in [0, 0.05) is 0 Å². The van der Waals surface area contributed by atoms with E-state index < -0.39 is 8.25 Å². The van der Waals surface area contributed by atoms with Gasteiger partial charge in [-0.05, 0) is 36.8 Å². The fraction of sp³-hybridized carbons (Fsp3) is 0.0769. The average Bonchev–Trinajstić information content (AvgIpc) is 2.30. The molecule has 88 valence electrons. The molecule has 0 aliphatic heterocycles. The third-order valence-electron chi connectivity index (χ3n) is 2.14. The van der Waals surface area contributed by atoms with Gasteiger partial charge in [-0.25, -0.2) is 4.57 Å². The van der Waals surface area contributed by atoms with Crippen molar-refractivity contribution in [3.05, 3.63) is 60.2 Å². The van der Waals surface area contributed by atoms with E-state index in [0.29, 0.717) is 11.5 Å². The minimum Gasteiger partial charge on any atom is -0.418 e. The lowest BCUT2D eigenvalue weighted by molar-refractivity contribution is 0.415. The Morgan fingerprint density at radius 1 is 0.882 bits per heavy atom. The Labute approximate surface area is 101 Å². The third kappa shape index (κ3) is 3.65. The van der Waals surface area contributed by atoms with Gasteiger partial charge in [-0.15, -0.1) is 0 Å². The van der Waals surface area contributed by atoms with Gasteiger partial charge in [0.15, 0.2) is 0 Å². The molecule has 0 fully saturated rings. The van der Waals surface area contributed by atoms with Crippen molar-refractivity contribution in [2.75, 3.05) is 0 Å². The van der Waals surface area contributed by atoms with Crippen LogP contribution >= 0.6 is 8.25 Å². The predicted octanol–water partition coefficient (Wildman–Crippen LogP) is 3.84. The van der Waals surface area contributed by atoms with E-state index in [0.717, 1.165) is 5.56 Å². The Hall–Kier alpha value is -1.73. The zero-order chi connectivity index (χ0) is 12.1. The maximum Gasteiger partial charge on any atom is 0.418 e. The van der Waals surface area contributed by atoms with Crippen LogP contribution in [-0.2, 0) is 4.57 Å². The molecule has 0 aromatic heterocycles. The van der Waals surface area contributed by atoms with Crippen LogP contribution in [0, 0.1) is 6.92 Å². The highest BCUT2D eigenvalue weighted by molar-refractivity contribution is 7.34. The maximum absolute atomic E-state index is 11.6. The van der Waals surface area contributed by atoms with Crippen LogP contribution in [0.5, 0.6) is 11.5 Å². The van der Waals surface area contributed by atoms with Crippen LogP contribution < -0.4 is 9.05 Å². The van der Waals surface area contributed by atoms with E-state index in [2.05, 4.69) is 0 Å². The molecule has 17 heavy (non-hydrogen) atoms. The molecule has 0 saturated heterocycles. The number of benzene rings is 2. The van der Waals surface area contributed by atoms with Gasteiger partial charge in [-0.2, -0.15) is 0 Å². The molecular formula is C13H13O3P. The highest BCUT2D eigenvalue weighted by atomic mass is 31.1. The lowest BCUT2D eigenvalue weighted by Gasteiger charge is -2.08. The SMILES string of the molecule is Cc1cccc(O[PH](=O)Oc2ccccc2)c1. The summed E-state index contributed by atoms with van der Waals surface area (Å²) in [7, 11) is -2.56. The first kappa shape index (κ1) is 11.7. The Bertz CT molecular complexity index is 511. The predicted molar refractivity (Wildman–Crippen MR) is 67.9 cm³/mol. The Morgan fingerprint density at radius 2 is 1.53 bits per heavy atom. The second-order valence-corrected chi connectivity index (χ2v) is 4.49. The fourth-order valence-electron chi connectivity index (χ4n) is 1.38. The number of aryl methyl sites for hydroxylation is 1. The molecule has 2 aromatic carbocycles. The van der Waals surface area contributed by atoms with Gasteiger partial charge in [-0.3, -0.25) is 0 Å².